The van der Waals surface area contributed by atoms with Crippen LogP contribution in [0.1, 0.15) is 55.1 Å². The first-order valence-corrected chi connectivity index (χ1v) is 8.80. The van der Waals surface area contributed by atoms with Crippen LogP contribution in [0.5, 0.6) is 11.5 Å². The molecule has 1 heterocycles. The summed E-state index contributed by atoms with van der Waals surface area (Å²) >= 11 is 0. The Labute approximate surface area is 152 Å². The van der Waals surface area contributed by atoms with Crippen LogP contribution in [-0.4, -0.2) is 27.4 Å². The summed E-state index contributed by atoms with van der Waals surface area (Å²) in [6, 6.07) is 8.49. The number of aromatic hydroxyl groups is 1. The molecule has 1 aliphatic rings. The summed E-state index contributed by atoms with van der Waals surface area (Å²) in [7, 11) is 0. The number of phenolic OH excluding ortho intramolecular Hbond substituents is 1. The van der Waals surface area contributed by atoms with Crippen molar-refractivity contribution in [2.45, 2.75) is 51.7 Å². The number of aliphatic hydroxyl groups is 1. The fourth-order valence-corrected chi connectivity index (χ4v) is 3.49. The first kappa shape index (κ1) is 18.3. The number of carboxylic acid groups (broad SMARTS) is 1. The lowest BCUT2D eigenvalue weighted by molar-refractivity contribution is 0.0695. The van der Waals surface area contributed by atoms with Crippen LogP contribution in [0.15, 0.2) is 30.3 Å². The minimum absolute atomic E-state index is 0.0776. The highest BCUT2D eigenvalue weighted by molar-refractivity contribution is 5.92. The lowest BCUT2D eigenvalue weighted by Crippen LogP contribution is -2.29. The summed E-state index contributed by atoms with van der Waals surface area (Å²) in [6.45, 7) is 5.60. The molecular formula is C21H24O5. The summed E-state index contributed by atoms with van der Waals surface area (Å²) in [4.78, 5) is 11.4. The Morgan fingerprint density at radius 3 is 2.62 bits per heavy atom. The topological polar surface area (TPSA) is 87.0 Å². The zero-order valence-corrected chi connectivity index (χ0v) is 15.2. The minimum atomic E-state index is -1.01. The van der Waals surface area contributed by atoms with Crippen molar-refractivity contribution in [1.29, 1.82) is 0 Å². The molecule has 1 unspecified atom stereocenters. The predicted molar refractivity (Wildman–Crippen MR) is 98.8 cm³/mol. The van der Waals surface area contributed by atoms with E-state index in [2.05, 4.69) is 0 Å². The molecule has 138 valence electrons. The Balaban J connectivity index is 2.06. The van der Waals surface area contributed by atoms with Gasteiger partial charge in [0.2, 0.25) is 0 Å². The van der Waals surface area contributed by atoms with Crippen LogP contribution in [0.4, 0.5) is 0 Å². The van der Waals surface area contributed by atoms with E-state index in [4.69, 9.17) is 4.74 Å². The molecule has 26 heavy (non-hydrogen) atoms. The molecule has 3 rings (SSSR count). The zero-order valence-electron chi connectivity index (χ0n) is 15.2. The van der Waals surface area contributed by atoms with Crippen LogP contribution in [0.2, 0.25) is 0 Å². The molecule has 0 amide bonds. The van der Waals surface area contributed by atoms with Crippen molar-refractivity contribution in [3.05, 3.63) is 47.0 Å². The number of hydrogen-bond acceptors (Lipinski definition) is 4. The Morgan fingerprint density at radius 2 is 1.96 bits per heavy atom. The van der Waals surface area contributed by atoms with Gasteiger partial charge in [-0.1, -0.05) is 6.07 Å². The number of rotatable bonds is 5. The minimum Gasteiger partial charge on any atom is -0.507 e. The number of aliphatic hydroxyl groups excluding tert-OH is 1. The second-order valence-electron chi connectivity index (χ2n) is 7.41. The molecule has 3 N–H and O–H groups in total. The van der Waals surface area contributed by atoms with Crippen LogP contribution < -0.4 is 4.74 Å². The van der Waals surface area contributed by atoms with E-state index in [1.165, 1.54) is 0 Å². The lowest BCUT2D eigenvalue weighted by atomic mass is 9.84. The normalized spacial score (nSPS) is 15.5. The molecule has 0 spiro atoms. The number of phenols is 1. The molecule has 5 heteroatoms. The third-order valence-electron chi connectivity index (χ3n) is 4.78. The monoisotopic (exact) mass is 356 g/mol. The average Bonchev–Trinajstić information content (AvgIpc) is 2.52. The summed E-state index contributed by atoms with van der Waals surface area (Å²) in [5.74, 6) is -0.376. The van der Waals surface area contributed by atoms with E-state index in [1.807, 2.05) is 19.9 Å². The third kappa shape index (κ3) is 3.40. The predicted octanol–water partition coefficient (Wildman–Crippen LogP) is 4.09. The highest BCUT2D eigenvalue weighted by Crippen LogP contribution is 2.49. The Hall–Kier alpha value is -2.53. The van der Waals surface area contributed by atoms with E-state index in [-0.39, 0.29) is 17.4 Å². The molecule has 0 fully saturated rings. The van der Waals surface area contributed by atoms with Crippen LogP contribution in [-0.2, 0) is 12.0 Å². The summed E-state index contributed by atoms with van der Waals surface area (Å²) < 4.78 is 6.14. The SMILES string of the molecule is CC(O)CCCc1cc(O)c2c(c1)OC(C)(C)c1ccc(C(=O)O)cc1-2. The Morgan fingerprint density at radius 1 is 1.23 bits per heavy atom. The van der Waals surface area contributed by atoms with Crippen molar-refractivity contribution in [2.24, 2.45) is 0 Å². The third-order valence-corrected chi connectivity index (χ3v) is 4.78. The van der Waals surface area contributed by atoms with Gasteiger partial charge in [0.15, 0.2) is 0 Å². The molecule has 1 atom stereocenters. The van der Waals surface area contributed by atoms with Gasteiger partial charge in [0, 0.05) is 5.56 Å². The highest BCUT2D eigenvalue weighted by Gasteiger charge is 2.34. The Kier molecular flexibility index (Phi) is 4.67. The van der Waals surface area contributed by atoms with Gasteiger partial charge in [-0.2, -0.15) is 0 Å². The average molecular weight is 356 g/mol. The maximum Gasteiger partial charge on any atom is 0.335 e. The van der Waals surface area contributed by atoms with Gasteiger partial charge in [0.05, 0.1) is 17.2 Å². The highest BCUT2D eigenvalue weighted by atomic mass is 16.5. The fraction of sp³-hybridized carbons (Fsp3) is 0.381. The second-order valence-corrected chi connectivity index (χ2v) is 7.41. The molecule has 0 saturated carbocycles. The van der Waals surface area contributed by atoms with Crippen molar-refractivity contribution in [3.8, 4) is 22.6 Å². The Bertz CT molecular complexity index is 852. The van der Waals surface area contributed by atoms with E-state index < -0.39 is 11.6 Å². The van der Waals surface area contributed by atoms with E-state index >= 15 is 0 Å². The number of carbonyl (C=O) groups is 1. The molecule has 5 nitrogen and oxygen atoms in total. The summed E-state index contributed by atoms with van der Waals surface area (Å²) in [5.41, 5.74) is 2.52. The number of ether oxygens (including phenoxy) is 1. The molecule has 0 aliphatic carbocycles. The molecule has 0 saturated heterocycles. The van der Waals surface area contributed by atoms with Gasteiger partial charge in [0.25, 0.3) is 0 Å². The summed E-state index contributed by atoms with van der Waals surface area (Å²) in [6.07, 6.45) is 1.86. The van der Waals surface area contributed by atoms with Gasteiger partial charge in [0.1, 0.15) is 17.1 Å². The van der Waals surface area contributed by atoms with Gasteiger partial charge in [-0.15, -0.1) is 0 Å². The maximum absolute atomic E-state index is 11.4. The number of aryl methyl sites for hydroxylation is 1. The van der Waals surface area contributed by atoms with Gasteiger partial charge in [-0.25, -0.2) is 4.79 Å². The van der Waals surface area contributed by atoms with Crippen molar-refractivity contribution in [3.63, 3.8) is 0 Å². The second kappa shape index (κ2) is 6.65. The first-order chi connectivity index (χ1) is 12.2. The molecule has 1 aliphatic heterocycles. The van der Waals surface area contributed by atoms with Gasteiger partial charge in [-0.05, 0) is 75.4 Å². The number of aromatic carboxylic acids is 1. The molecule has 2 aromatic rings. The van der Waals surface area contributed by atoms with Crippen LogP contribution in [0.25, 0.3) is 11.1 Å². The zero-order chi connectivity index (χ0) is 19.1. The molecule has 0 radical (unpaired) electrons. The maximum atomic E-state index is 11.4. The standard InChI is InChI=1S/C21H24O5/c1-12(22)5-4-6-13-9-17(23)19-15-11-14(20(24)25)7-8-16(15)21(2,3)26-18(19)10-13/h7-12,22-23H,4-6H2,1-3H3,(H,24,25). The molecular weight excluding hydrogens is 332 g/mol. The molecule has 2 aromatic carbocycles. The van der Waals surface area contributed by atoms with E-state index in [9.17, 15) is 20.1 Å². The number of hydrogen-bond donors (Lipinski definition) is 3. The van der Waals surface area contributed by atoms with E-state index in [1.54, 1.807) is 31.2 Å². The molecule has 0 aromatic heterocycles. The van der Waals surface area contributed by atoms with Crippen LogP contribution in [0.3, 0.4) is 0 Å². The van der Waals surface area contributed by atoms with Crippen molar-refractivity contribution in [1.82, 2.24) is 0 Å². The van der Waals surface area contributed by atoms with Gasteiger partial charge >= 0.3 is 5.97 Å². The van der Waals surface area contributed by atoms with Crippen LogP contribution in [0, 0.1) is 0 Å². The van der Waals surface area contributed by atoms with Crippen molar-refractivity contribution in [2.75, 3.05) is 0 Å². The van der Waals surface area contributed by atoms with Crippen molar-refractivity contribution >= 4 is 5.97 Å². The van der Waals surface area contributed by atoms with E-state index in [0.717, 1.165) is 24.0 Å². The molecule has 0 bridgehead atoms. The largest absolute Gasteiger partial charge is 0.507 e. The first-order valence-electron chi connectivity index (χ1n) is 8.80. The smallest absolute Gasteiger partial charge is 0.335 e. The summed E-state index contributed by atoms with van der Waals surface area (Å²) in [5, 5.41) is 29.3. The number of carboxylic acids is 1. The van der Waals surface area contributed by atoms with E-state index in [0.29, 0.717) is 23.3 Å². The van der Waals surface area contributed by atoms with Gasteiger partial charge < -0.3 is 20.1 Å². The van der Waals surface area contributed by atoms with Gasteiger partial charge in [-0.3, -0.25) is 0 Å². The quantitative estimate of drug-likeness (QED) is 0.751. The number of benzene rings is 2. The number of fused-ring (bicyclic) bond motifs is 3. The van der Waals surface area contributed by atoms with Crippen molar-refractivity contribution < 1.29 is 24.9 Å². The fourth-order valence-electron chi connectivity index (χ4n) is 3.49. The van der Waals surface area contributed by atoms with Crippen LogP contribution >= 0.6 is 0 Å². The lowest BCUT2D eigenvalue weighted by Gasteiger charge is -2.35.